The average molecular weight is 1190 g/mol. The second-order valence-corrected chi connectivity index (χ2v) is 25.6. The van der Waals surface area contributed by atoms with Crippen LogP contribution < -0.4 is 31.9 Å². The van der Waals surface area contributed by atoms with Crippen LogP contribution in [-0.4, -0.2) is 203 Å². The van der Waals surface area contributed by atoms with E-state index in [0.717, 1.165) is 4.90 Å². The van der Waals surface area contributed by atoms with E-state index in [4.69, 9.17) is 0 Å². The smallest absolute Gasteiger partial charge is 0.245 e. The first-order valence-electron chi connectivity index (χ1n) is 30.3. The van der Waals surface area contributed by atoms with Crippen LogP contribution in [0.15, 0.2) is 12.2 Å². The molecule has 12 atom stereocenters. The first-order chi connectivity index (χ1) is 38.9. The lowest BCUT2D eigenvalue weighted by Crippen LogP contribution is -2.61. The monoisotopic (exact) mass is 1190 g/mol. The van der Waals surface area contributed by atoms with Crippen molar-refractivity contribution in [2.24, 2.45) is 47.3 Å². The van der Waals surface area contributed by atoms with E-state index in [0.29, 0.717) is 6.42 Å². The molecule has 84 heavy (non-hydrogen) atoms. The van der Waals surface area contributed by atoms with Gasteiger partial charge in [0.05, 0.1) is 18.6 Å². The number of allylic oxidation sites excluding steroid dienone is 2. The Morgan fingerprint density at radius 3 is 1.45 bits per heavy atom. The fourth-order valence-corrected chi connectivity index (χ4v) is 10.4. The van der Waals surface area contributed by atoms with Crippen molar-refractivity contribution in [3.05, 3.63) is 12.2 Å². The zero-order chi connectivity index (χ0) is 64.9. The highest BCUT2D eigenvalue weighted by molar-refractivity contribution is 5.98. The lowest BCUT2D eigenvalue weighted by molar-refractivity contribution is -0.153. The normalized spacial score (nSPS) is 27.0. The van der Waals surface area contributed by atoms with E-state index in [-0.39, 0.29) is 55.8 Å². The molecule has 11 amide bonds. The number of rotatable bonds is 15. The van der Waals surface area contributed by atoms with E-state index in [2.05, 4.69) is 31.9 Å². The highest BCUT2D eigenvalue weighted by atomic mass is 16.3. The quantitative estimate of drug-likeness (QED) is 0.117. The van der Waals surface area contributed by atoms with Crippen LogP contribution in [0.2, 0.25) is 0 Å². The van der Waals surface area contributed by atoms with Crippen molar-refractivity contribution in [3.8, 4) is 0 Å². The summed E-state index contributed by atoms with van der Waals surface area (Å²) in [5.74, 6) is -10.6. The summed E-state index contributed by atoms with van der Waals surface area (Å²) in [4.78, 5) is 164. The minimum atomic E-state index is -1.34. The molecule has 1 aliphatic rings. The number of carbonyl (C=O) groups excluding carboxylic acids is 11. The van der Waals surface area contributed by atoms with Gasteiger partial charge in [-0.3, -0.25) is 52.7 Å². The molecule has 7 N–H and O–H groups in total. The van der Waals surface area contributed by atoms with E-state index in [9.17, 15) is 57.8 Å². The van der Waals surface area contributed by atoms with Gasteiger partial charge in [0.25, 0.3) is 0 Å². The Bertz CT molecular complexity index is 2270. The maximum absolute atomic E-state index is 14.9. The number of hydrogen-bond acceptors (Lipinski definition) is 12. The van der Waals surface area contributed by atoms with Crippen LogP contribution in [0.5, 0.6) is 0 Å². The molecule has 23 nitrogen and oxygen atoms in total. The van der Waals surface area contributed by atoms with E-state index in [1.807, 2.05) is 68.4 Å². The van der Waals surface area contributed by atoms with Gasteiger partial charge in [0.1, 0.15) is 54.4 Å². The van der Waals surface area contributed by atoms with Crippen LogP contribution >= 0.6 is 0 Å². The minimum absolute atomic E-state index is 0.0616. The van der Waals surface area contributed by atoms with Crippen molar-refractivity contribution >= 4 is 65.0 Å². The number of nitrogens with zero attached hydrogens (tertiary/aromatic N) is 5. The molecule has 23 heteroatoms. The van der Waals surface area contributed by atoms with Crippen LogP contribution in [-0.2, 0) is 52.7 Å². The van der Waals surface area contributed by atoms with Crippen molar-refractivity contribution in [2.75, 3.05) is 48.3 Å². The molecule has 0 spiro atoms. The molecule has 0 bridgehead atoms. The number of aliphatic hydroxyl groups is 1. The molecule has 0 aromatic rings. The van der Waals surface area contributed by atoms with Gasteiger partial charge in [0, 0.05) is 41.8 Å². The molecule has 1 aliphatic heterocycles. The molecule has 0 unspecified atom stereocenters. The van der Waals surface area contributed by atoms with Crippen molar-refractivity contribution in [3.63, 3.8) is 0 Å². The number of amides is 11. The molecule has 0 aromatic carbocycles. The van der Waals surface area contributed by atoms with Crippen molar-refractivity contribution < 1.29 is 57.8 Å². The summed E-state index contributed by atoms with van der Waals surface area (Å²) in [6.45, 7) is 29.0. The zero-order valence-corrected chi connectivity index (χ0v) is 54.9. The van der Waals surface area contributed by atoms with Gasteiger partial charge in [-0.2, -0.15) is 0 Å². The van der Waals surface area contributed by atoms with E-state index >= 15 is 0 Å². The molecular weight excluding hydrogens is 1080 g/mol. The maximum Gasteiger partial charge on any atom is 0.245 e. The maximum atomic E-state index is 14.9. The Morgan fingerprint density at radius 1 is 0.500 bits per heavy atom. The lowest BCUT2D eigenvalue weighted by atomic mass is 9.88. The molecule has 0 saturated carbocycles. The first-order valence-corrected chi connectivity index (χ1v) is 30.3. The van der Waals surface area contributed by atoms with Gasteiger partial charge >= 0.3 is 0 Å². The van der Waals surface area contributed by atoms with Gasteiger partial charge in [0.15, 0.2) is 0 Å². The van der Waals surface area contributed by atoms with Crippen LogP contribution in [0.4, 0.5) is 0 Å². The largest absolute Gasteiger partial charge is 0.392 e. The van der Waals surface area contributed by atoms with Crippen molar-refractivity contribution in [1.82, 2.24) is 56.4 Å². The highest BCUT2D eigenvalue weighted by Gasteiger charge is 2.43. The average Bonchev–Trinajstić information content (AvgIpc) is 3.43. The second-order valence-electron chi connectivity index (χ2n) is 25.6. The molecule has 0 aliphatic carbocycles. The molecule has 1 fully saturated rings. The topological polar surface area (TPSA) is 296 Å². The Labute approximate surface area is 502 Å². The van der Waals surface area contributed by atoms with Crippen molar-refractivity contribution in [2.45, 2.75) is 217 Å². The lowest BCUT2D eigenvalue weighted by Gasteiger charge is -2.39. The second kappa shape index (κ2) is 35.4. The number of nitrogens with one attached hydrogen (secondary N) is 6. The van der Waals surface area contributed by atoms with E-state index in [1.54, 1.807) is 47.6 Å². The number of aliphatic hydroxyl groups excluding tert-OH is 1. The molecule has 0 radical (unpaired) electrons. The number of hydrogen-bond donors (Lipinski definition) is 7. The fourth-order valence-electron chi connectivity index (χ4n) is 10.4. The standard InChI is InChI=1S/C61H109N11O12/c1-23-25-26-39(15)51(74)42-31-62-56(79)50(38(13)14)72(22)60(83)47(30-36(9)10)71(21)59(82)46(29-35(7)8)70(20)57(80)41(17)64-52(75)40(16)63-55(78)45(28-34(5)6)69(19)61(84)49(37(11)12)67-54(77)44(27-33(3)4)65-48(73)32-68(18)58(81)43(24-2)66-53(42)76/h23,25,33-47,49-51,74H,24,26-32H2,1-22H3,(H,62,79)(H,63,78)(H,64,75)(H,65,73)(H,66,76)(H,67,77)/b25-23+/t39-,40+,41-,42+,43+,44+,45+,46+,47+,49+,50+,51-/m1/s1. The summed E-state index contributed by atoms with van der Waals surface area (Å²) in [7, 11) is 7.16. The number of likely N-dealkylation sites (N-methyl/N-ethyl adjacent to an activating group) is 5. The molecule has 480 valence electrons. The predicted octanol–water partition coefficient (Wildman–Crippen LogP) is 2.83. The molecule has 1 rings (SSSR count). The Kier molecular flexibility index (Phi) is 31.9. The summed E-state index contributed by atoms with van der Waals surface area (Å²) in [5, 5.41) is 28.2. The number of carbonyl (C=O) groups is 11. The summed E-state index contributed by atoms with van der Waals surface area (Å²) >= 11 is 0. The summed E-state index contributed by atoms with van der Waals surface area (Å²) in [6, 6.07) is -10.5. The zero-order valence-electron chi connectivity index (χ0n) is 54.9. The summed E-state index contributed by atoms with van der Waals surface area (Å²) in [5.41, 5.74) is 0. The third kappa shape index (κ3) is 22.7. The Hall–Kier alpha value is -6.13. The SMILES string of the molecule is C/C=C/C[C@@H](C)[C@@H](O)[C@@H]1CNC(=O)[C@H](C(C)C)N(C)C(=O)[C@H](CC(C)C)N(C)C(=O)[C@H](CC(C)C)N(C)C(=O)[C@@H](C)NC(=O)[C@H](C)NC(=O)[C@H](CC(C)C)N(C)C(=O)[C@H](C(C)C)NC(=O)[C@H](CC(C)C)NC(=O)CN(C)C(=O)[C@H](CC)NC1=O. The van der Waals surface area contributed by atoms with Crippen molar-refractivity contribution in [1.29, 1.82) is 0 Å². The Morgan fingerprint density at radius 2 is 0.976 bits per heavy atom. The third-order valence-electron chi connectivity index (χ3n) is 15.5. The molecule has 1 heterocycles. The van der Waals surface area contributed by atoms with Crippen LogP contribution in [0.3, 0.4) is 0 Å². The van der Waals surface area contributed by atoms with Gasteiger partial charge in [-0.1, -0.05) is 109 Å². The predicted molar refractivity (Wildman–Crippen MR) is 324 cm³/mol. The summed E-state index contributed by atoms with van der Waals surface area (Å²) < 4.78 is 0. The van der Waals surface area contributed by atoms with E-state index in [1.165, 1.54) is 68.7 Å². The third-order valence-corrected chi connectivity index (χ3v) is 15.5. The van der Waals surface area contributed by atoms with Crippen LogP contribution in [0, 0.1) is 47.3 Å². The van der Waals surface area contributed by atoms with Gasteiger partial charge in [-0.25, -0.2) is 0 Å². The van der Waals surface area contributed by atoms with Gasteiger partial charge in [0.2, 0.25) is 65.0 Å². The van der Waals surface area contributed by atoms with Gasteiger partial charge < -0.3 is 61.5 Å². The van der Waals surface area contributed by atoms with Crippen LogP contribution in [0.25, 0.3) is 0 Å². The van der Waals surface area contributed by atoms with E-state index < -0.39 is 162 Å². The minimum Gasteiger partial charge on any atom is -0.392 e. The molecular formula is C61H109N11O12. The van der Waals surface area contributed by atoms with Crippen LogP contribution in [0.1, 0.15) is 156 Å². The summed E-state index contributed by atoms with van der Waals surface area (Å²) in [6.07, 6.45) is 3.36. The van der Waals surface area contributed by atoms with Gasteiger partial charge in [-0.05, 0) is 101 Å². The first kappa shape index (κ1) is 75.9. The highest BCUT2D eigenvalue weighted by Crippen LogP contribution is 2.24. The fraction of sp³-hybridized carbons (Fsp3) is 0.787. The Balaban J connectivity index is 4.16. The van der Waals surface area contributed by atoms with Gasteiger partial charge in [-0.15, -0.1) is 0 Å². The molecule has 0 aromatic heterocycles. The molecule has 1 saturated heterocycles.